The Balaban J connectivity index is 3.42. The van der Waals surface area contributed by atoms with Crippen molar-refractivity contribution >= 4 is 5.91 Å². The van der Waals surface area contributed by atoms with E-state index in [1.165, 1.54) is 0 Å². The van der Waals surface area contributed by atoms with E-state index in [4.69, 9.17) is 5.73 Å². The number of aromatic nitrogens is 1. The van der Waals surface area contributed by atoms with Gasteiger partial charge in [0.1, 0.15) is 11.3 Å². The Kier molecular flexibility index (Phi) is 3.73. The molecular weight excluding hydrogens is 263 g/mol. The Labute approximate surface area is 97.6 Å². The summed E-state index contributed by atoms with van der Waals surface area (Å²) >= 11 is 0. The first-order chi connectivity index (χ1) is 8.12. The molecule has 1 aromatic heterocycles. The lowest BCUT2D eigenvalue weighted by Crippen LogP contribution is -2.20. The molecule has 0 unspecified atom stereocenters. The molecule has 1 aromatic rings. The number of carbonyl (C=O) groups is 1. The molecule has 100 valence electrons. The lowest BCUT2D eigenvalue weighted by atomic mass is 10.1. The van der Waals surface area contributed by atoms with Gasteiger partial charge in [-0.25, -0.2) is 4.98 Å². The van der Waals surface area contributed by atoms with E-state index in [0.717, 1.165) is 6.92 Å². The van der Waals surface area contributed by atoms with Crippen LogP contribution in [0.25, 0.3) is 0 Å². The summed E-state index contributed by atoms with van der Waals surface area (Å²) in [5.74, 6) is -2.34. The first-order valence-electron chi connectivity index (χ1n) is 4.46. The Hall–Kier alpha value is -1.93. The van der Waals surface area contributed by atoms with Gasteiger partial charge in [-0.1, -0.05) is 0 Å². The number of primary amides is 1. The first kappa shape index (κ1) is 14.1. The number of pyridine rings is 1. The van der Waals surface area contributed by atoms with Crippen molar-refractivity contribution < 1.29 is 31.5 Å². The zero-order valence-electron chi connectivity index (χ0n) is 8.89. The number of ether oxygens (including phenoxy) is 1. The molecule has 0 bridgehead atoms. The number of aryl methyl sites for hydroxylation is 1. The topological polar surface area (TPSA) is 65.2 Å². The van der Waals surface area contributed by atoms with E-state index in [2.05, 4.69) is 9.72 Å². The van der Waals surface area contributed by atoms with Crippen LogP contribution in [0.4, 0.5) is 22.0 Å². The SMILES string of the molecule is Cc1cc(C(F)(F)F)nc(OC(F)F)c1C(N)=O. The second-order valence-electron chi connectivity index (χ2n) is 3.25. The van der Waals surface area contributed by atoms with Gasteiger partial charge in [0.05, 0.1) is 0 Å². The van der Waals surface area contributed by atoms with Crippen molar-refractivity contribution in [2.75, 3.05) is 0 Å². The fourth-order valence-corrected chi connectivity index (χ4v) is 1.26. The minimum Gasteiger partial charge on any atom is -0.416 e. The third-order valence-corrected chi connectivity index (χ3v) is 1.92. The quantitative estimate of drug-likeness (QED) is 0.855. The number of carbonyl (C=O) groups excluding carboxylic acids is 1. The predicted molar refractivity (Wildman–Crippen MR) is 49.1 cm³/mol. The van der Waals surface area contributed by atoms with E-state index in [0.29, 0.717) is 6.07 Å². The van der Waals surface area contributed by atoms with Crippen molar-refractivity contribution in [1.82, 2.24) is 4.98 Å². The van der Waals surface area contributed by atoms with E-state index in [9.17, 15) is 26.7 Å². The summed E-state index contributed by atoms with van der Waals surface area (Å²) in [6, 6.07) is 0.526. The van der Waals surface area contributed by atoms with Crippen molar-refractivity contribution in [3.05, 3.63) is 22.9 Å². The van der Waals surface area contributed by atoms with Gasteiger partial charge in [-0.3, -0.25) is 4.79 Å². The maximum atomic E-state index is 12.4. The smallest absolute Gasteiger partial charge is 0.416 e. The number of nitrogens with zero attached hydrogens (tertiary/aromatic N) is 1. The second-order valence-corrected chi connectivity index (χ2v) is 3.25. The van der Waals surface area contributed by atoms with Crippen molar-refractivity contribution in [3.63, 3.8) is 0 Å². The number of alkyl halides is 5. The average Bonchev–Trinajstić information content (AvgIpc) is 2.13. The molecule has 4 nitrogen and oxygen atoms in total. The van der Waals surface area contributed by atoms with Crippen LogP contribution in [0, 0.1) is 6.92 Å². The molecule has 0 aromatic carbocycles. The Morgan fingerprint density at radius 3 is 2.39 bits per heavy atom. The Morgan fingerprint density at radius 1 is 1.44 bits per heavy atom. The molecule has 0 saturated heterocycles. The fourth-order valence-electron chi connectivity index (χ4n) is 1.26. The molecule has 18 heavy (non-hydrogen) atoms. The van der Waals surface area contributed by atoms with Gasteiger partial charge >= 0.3 is 12.8 Å². The van der Waals surface area contributed by atoms with E-state index >= 15 is 0 Å². The third-order valence-electron chi connectivity index (χ3n) is 1.92. The van der Waals surface area contributed by atoms with Crippen LogP contribution in [0.1, 0.15) is 21.6 Å². The minimum absolute atomic E-state index is 0.250. The highest BCUT2D eigenvalue weighted by atomic mass is 19.4. The van der Waals surface area contributed by atoms with Crippen LogP contribution in [-0.4, -0.2) is 17.5 Å². The van der Waals surface area contributed by atoms with E-state index in [1.54, 1.807) is 0 Å². The van der Waals surface area contributed by atoms with E-state index in [1.807, 2.05) is 0 Å². The highest BCUT2D eigenvalue weighted by Crippen LogP contribution is 2.32. The van der Waals surface area contributed by atoms with Gasteiger partial charge in [0.25, 0.3) is 5.91 Å². The van der Waals surface area contributed by atoms with Gasteiger partial charge in [-0.2, -0.15) is 22.0 Å². The van der Waals surface area contributed by atoms with E-state index in [-0.39, 0.29) is 5.56 Å². The molecule has 0 aliphatic heterocycles. The summed E-state index contributed by atoms with van der Waals surface area (Å²) in [5.41, 5.74) is 2.56. The van der Waals surface area contributed by atoms with Crippen molar-refractivity contribution in [2.24, 2.45) is 5.73 Å². The molecular formula is C9H7F5N2O2. The van der Waals surface area contributed by atoms with Crippen molar-refractivity contribution in [2.45, 2.75) is 19.7 Å². The fraction of sp³-hybridized carbons (Fsp3) is 0.333. The first-order valence-corrected chi connectivity index (χ1v) is 4.46. The lowest BCUT2D eigenvalue weighted by Gasteiger charge is -2.13. The monoisotopic (exact) mass is 270 g/mol. The van der Waals surface area contributed by atoms with Gasteiger partial charge in [0, 0.05) is 0 Å². The summed E-state index contributed by atoms with van der Waals surface area (Å²) in [6.07, 6.45) is -4.85. The molecule has 0 atom stereocenters. The Morgan fingerprint density at radius 2 is 2.00 bits per heavy atom. The number of nitrogens with two attached hydrogens (primary N) is 1. The summed E-state index contributed by atoms with van der Waals surface area (Å²) in [4.78, 5) is 13.8. The molecule has 1 amide bonds. The molecule has 1 rings (SSSR count). The normalized spacial score (nSPS) is 11.7. The summed E-state index contributed by atoms with van der Waals surface area (Å²) in [6.45, 7) is -2.31. The standard InChI is InChI=1S/C9H7F5N2O2/c1-3-2-4(9(12,13)14)16-7(18-8(10)11)5(3)6(15)17/h2,8H,1H3,(H2,15,17). The maximum Gasteiger partial charge on any atom is 0.433 e. The molecule has 0 aliphatic rings. The van der Waals surface area contributed by atoms with Crippen LogP contribution in [0.3, 0.4) is 0 Å². The molecule has 0 fully saturated rings. The van der Waals surface area contributed by atoms with Gasteiger partial charge in [0.15, 0.2) is 0 Å². The summed E-state index contributed by atoms with van der Waals surface area (Å²) in [5, 5.41) is 0. The average molecular weight is 270 g/mol. The molecule has 9 heteroatoms. The van der Waals surface area contributed by atoms with Crippen LogP contribution in [0.5, 0.6) is 5.88 Å². The number of rotatable bonds is 3. The second kappa shape index (κ2) is 4.75. The summed E-state index contributed by atoms with van der Waals surface area (Å²) < 4.78 is 65.0. The van der Waals surface area contributed by atoms with Crippen molar-refractivity contribution in [1.29, 1.82) is 0 Å². The van der Waals surface area contributed by atoms with Crippen LogP contribution >= 0.6 is 0 Å². The number of amides is 1. The van der Waals surface area contributed by atoms with Gasteiger partial charge in [0.2, 0.25) is 5.88 Å². The Bertz CT molecular complexity index is 473. The van der Waals surface area contributed by atoms with Crippen LogP contribution < -0.4 is 10.5 Å². The molecule has 0 radical (unpaired) electrons. The van der Waals surface area contributed by atoms with Gasteiger partial charge < -0.3 is 10.5 Å². The number of hydrogen-bond donors (Lipinski definition) is 1. The number of halogens is 5. The molecule has 0 aliphatic carbocycles. The van der Waals surface area contributed by atoms with Crippen molar-refractivity contribution in [3.8, 4) is 5.88 Å². The largest absolute Gasteiger partial charge is 0.433 e. The summed E-state index contributed by atoms with van der Waals surface area (Å²) in [7, 11) is 0. The zero-order chi connectivity index (χ0) is 14.1. The predicted octanol–water partition coefficient (Wildman–Crippen LogP) is 2.11. The lowest BCUT2D eigenvalue weighted by molar-refractivity contribution is -0.142. The highest BCUT2D eigenvalue weighted by Gasteiger charge is 2.35. The zero-order valence-corrected chi connectivity index (χ0v) is 8.89. The molecule has 0 saturated carbocycles. The van der Waals surface area contributed by atoms with Crippen LogP contribution in [0.15, 0.2) is 6.07 Å². The molecule has 0 spiro atoms. The van der Waals surface area contributed by atoms with Crippen LogP contribution in [0.2, 0.25) is 0 Å². The third kappa shape index (κ3) is 3.05. The number of hydrogen-bond acceptors (Lipinski definition) is 3. The van der Waals surface area contributed by atoms with Crippen LogP contribution in [-0.2, 0) is 6.18 Å². The highest BCUT2D eigenvalue weighted by molar-refractivity contribution is 5.96. The maximum absolute atomic E-state index is 12.4. The van der Waals surface area contributed by atoms with Gasteiger partial charge in [-0.15, -0.1) is 0 Å². The molecule has 1 heterocycles. The molecule has 2 N–H and O–H groups in total. The van der Waals surface area contributed by atoms with Gasteiger partial charge in [-0.05, 0) is 18.6 Å². The van der Waals surface area contributed by atoms with E-state index < -0.39 is 35.8 Å². The minimum atomic E-state index is -4.85.